The number of hydrogen-bond acceptors (Lipinski definition) is 2. The summed E-state index contributed by atoms with van der Waals surface area (Å²) in [4.78, 5) is 1.54. The van der Waals surface area contributed by atoms with Crippen LogP contribution in [0.4, 0.5) is 0 Å². The first-order valence-electron chi connectivity index (χ1n) is 8.30. The molecule has 1 atom stereocenters. The summed E-state index contributed by atoms with van der Waals surface area (Å²) in [5, 5.41) is 3.83. The van der Waals surface area contributed by atoms with E-state index < -0.39 is 0 Å². The first-order valence-corrected chi connectivity index (χ1v) is 9.28. The van der Waals surface area contributed by atoms with Crippen molar-refractivity contribution in [2.24, 2.45) is 5.41 Å². The van der Waals surface area contributed by atoms with Gasteiger partial charge >= 0.3 is 0 Å². The van der Waals surface area contributed by atoms with Crippen LogP contribution >= 0.6 is 11.8 Å². The molecule has 1 aliphatic heterocycles. The van der Waals surface area contributed by atoms with Crippen LogP contribution in [0.25, 0.3) is 0 Å². The minimum absolute atomic E-state index is 0.602. The van der Waals surface area contributed by atoms with Gasteiger partial charge in [-0.25, -0.2) is 0 Å². The Bertz CT molecular complexity index is 474. The molecule has 1 heterocycles. The van der Waals surface area contributed by atoms with Crippen LogP contribution < -0.4 is 5.32 Å². The highest BCUT2D eigenvalue weighted by Crippen LogP contribution is 2.50. The molecule has 2 aliphatic carbocycles. The van der Waals surface area contributed by atoms with Crippen molar-refractivity contribution in [1.29, 1.82) is 0 Å². The van der Waals surface area contributed by atoms with E-state index in [1.807, 2.05) is 0 Å². The zero-order chi connectivity index (χ0) is 13.4. The van der Waals surface area contributed by atoms with Crippen molar-refractivity contribution >= 4 is 11.8 Å². The average molecular weight is 287 g/mol. The second-order valence-corrected chi connectivity index (χ2v) is 8.17. The van der Waals surface area contributed by atoms with Crippen LogP contribution in [0.1, 0.15) is 56.4 Å². The summed E-state index contributed by atoms with van der Waals surface area (Å²) in [7, 11) is 0. The van der Waals surface area contributed by atoms with E-state index in [-0.39, 0.29) is 0 Å². The number of rotatable bonds is 5. The van der Waals surface area contributed by atoms with E-state index in [0.717, 1.165) is 12.0 Å². The first kappa shape index (κ1) is 13.2. The molecule has 20 heavy (non-hydrogen) atoms. The maximum atomic E-state index is 3.83. The van der Waals surface area contributed by atoms with Crippen LogP contribution in [0, 0.1) is 5.41 Å². The number of benzene rings is 1. The minimum atomic E-state index is 0.602. The van der Waals surface area contributed by atoms with Crippen LogP contribution in [-0.4, -0.2) is 18.3 Å². The molecular weight excluding hydrogens is 262 g/mol. The second kappa shape index (κ2) is 5.38. The van der Waals surface area contributed by atoms with Gasteiger partial charge in [-0.3, -0.25) is 0 Å². The zero-order valence-electron chi connectivity index (χ0n) is 12.2. The topological polar surface area (TPSA) is 12.0 Å². The molecule has 4 rings (SSSR count). The van der Waals surface area contributed by atoms with Crippen LogP contribution in [-0.2, 0) is 0 Å². The monoisotopic (exact) mass is 287 g/mol. The summed E-state index contributed by atoms with van der Waals surface area (Å²) in [5.74, 6) is 2.11. The van der Waals surface area contributed by atoms with E-state index in [9.17, 15) is 0 Å². The van der Waals surface area contributed by atoms with Gasteiger partial charge in [-0.2, -0.15) is 0 Å². The Morgan fingerprint density at radius 1 is 1.15 bits per heavy atom. The van der Waals surface area contributed by atoms with Crippen LogP contribution in [0.3, 0.4) is 0 Å². The summed E-state index contributed by atoms with van der Waals surface area (Å²) in [6, 6.07) is 9.95. The molecule has 1 unspecified atom stereocenters. The third-order valence-electron chi connectivity index (χ3n) is 5.49. The number of hydrogen-bond donors (Lipinski definition) is 1. The Balaban J connectivity index is 1.48. The van der Waals surface area contributed by atoms with Crippen molar-refractivity contribution < 1.29 is 0 Å². The van der Waals surface area contributed by atoms with Crippen molar-refractivity contribution in [3.05, 3.63) is 29.8 Å². The van der Waals surface area contributed by atoms with Gasteiger partial charge in [0.1, 0.15) is 0 Å². The van der Waals surface area contributed by atoms with Crippen molar-refractivity contribution in [3.8, 4) is 0 Å². The molecule has 1 aromatic carbocycles. The maximum Gasteiger partial charge on any atom is 0.0107 e. The van der Waals surface area contributed by atoms with E-state index in [4.69, 9.17) is 0 Å². The van der Waals surface area contributed by atoms with Gasteiger partial charge in [0.2, 0.25) is 0 Å². The van der Waals surface area contributed by atoms with E-state index in [1.165, 1.54) is 57.2 Å². The molecule has 108 valence electrons. The minimum Gasteiger partial charge on any atom is -0.313 e. The Labute approximate surface area is 126 Å². The molecule has 2 heteroatoms. The lowest BCUT2D eigenvalue weighted by atomic mass is 9.76. The highest BCUT2D eigenvalue weighted by atomic mass is 32.2. The van der Waals surface area contributed by atoms with Crippen LogP contribution in [0.5, 0.6) is 0 Å². The number of thioether (sulfide) groups is 1. The first-order chi connectivity index (χ1) is 9.85. The van der Waals surface area contributed by atoms with Crippen LogP contribution in [0.2, 0.25) is 0 Å². The van der Waals surface area contributed by atoms with Gasteiger partial charge in [0.05, 0.1) is 0 Å². The molecule has 3 aliphatic rings. The smallest absolute Gasteiger partial charge is 0.0107 e. The number of nitrogens with one attached hydrogen (secondary N) is 1. The Hall–Kier alpha value is -0.470. The fraction of sp³-hybridized carbons (Fsp3) is 0.667. The molecule has 0 amide bonds. The lowest BCUT2D eigenvalue weighted by molar-refractivity contribution is 0.241. The Morgan fingerprint density at radius 3 is 2.75 bits per heavy atom. The predicted molar refractivity (Wildman–Crippen MR) is 86.4 cm³/mol. The summed E-state index contributed by atoms with van der Waals surface area (Å²) in [6.45, 7) is 1.28. The quantitative estimate of drug-likeness (QED) is 0.851. The molecule has 0 bridgehead atoms. The zero-order valence-corrected chi connectivity index (χ0v) is 13.1. The van der Waals surface area contributed by atoms with Gasteiger partial charge in [-0.15, -0.1) is 11.8 Å². The molecule has 1 aromatic rings. The van der Waals surface area contributed by atoms with Gasteiger partial charge in [0.25, 0.3) is 0 Å². The summed E-state index contributed by atoms with van der Waals surface area (Å²) < 4.78 is 0. The van der Waals surface area contributed by atoms with E-state index in [0.29, 0.717) is 5.41 Å². The Morgan fingerprint density at radius 2 is 1.95 bits per heavy atom. The fourth-order valence-corrected chi connectivity index (χ4v) is 5.40. The van der Waals surface area contributed by atoms with Gasteiger partial charge in [0.15, 0.2) is 0 Å². The molecule has 2 saturated carbocycles. The van der Waals surface area contributed by atoms with Crippen molar-refractivity contribution in [2.45, 2.75) is 61.8 Å². The predicted octanol–water partition coefficient (Wildman–Crippen LogP) is 4.58. The summed E-state index contributed by atoms with van der Waals surface area (Å²) in [5.41, 5.74) is 2.24. The highest BCUT2D eigenvalue weighted by molar-refractivity contribution is 7.99. The lowest BCUT2D eigenvalue weighted by Gasteiger charge is -2.32. The van der Waals surface area contributed by atoms with E-state index in [1.54, 1.807) is 10.5 Å². The van der Waals surface area contributed by atoms with Gasteiger partial charge in [-0.05, 0) is 55.1 Å². The molecule has 0 radical (unpaired) electrons. The normalized spacial score (nSPS) is 27.7. The lowest BCUT2D eigenvalue weighted by Crippen LogP contribution is -2.34. The summed E-state index contributed by atoms with van der Waals surface area (Å²) in [6.07, 6.45) is 10.1. The van der Waals surface area contributed by atoms with Crippen LogP contribution in [0.15, 0.2) is 29.2 Å². The maximum absolute atomic E-state index is 3.83. The largest absolute Gasteiger partial charge is 0.313 e. The van der Waals surface area contributed by atoms with Crippen molar-refractivity contribution in [3.63, 3.8) is 0 Å². The second-order valence-electron chi connectivity index (χ2n) is 7.11. The fourth-order valence-electron chi connectivity index (χ4n) is 4.15. The Kier molecular flexibility index (Phi) is 3.55. The standard InChI is InChI=1S/C18H25NS/c1-2-6-17-16(5-1)14(12-20-17)11-18(9-3-4-10-18)13-19-15-7-8-15/h1-2,5-6,14-15,19H,3-4,7-13H2. The van der Waals surface area contributed by atoms with Gasteiger partial charge < -0.3 is 5.32 Å². The number of fused-ring (bicyclic) bond motifs is 1. The SMILES string of the molecule is c1ccc2c(c1)SCC2CC1(CNC2CC2)CCCC1. The summed E-state index contributed by atoms with van der Waals surface area (Å²) >= 11 is 2.07. The molecule has 0 saturated heterocycles. The average Bonchev–Trinajstić information content (AvgIpc) is 3.07. The molecule has 0 spiro atoms. The third-order valence-corrected chi connectivity index (χ3v) is 6.74. The van der Waals surface area contributed by atoms with Gasteiger partial charge in [0, 0.05) is 23.2 Å². The van der Waals surface area contributed by atoms with Crippen molar-refractivity contribution in [2.75, 3.05) is 12.3 Å². The van der Waals surface area contributed by atoms with E-state index in [2.05, 4.69) is 41.3 Å². The third kappa shape index (κ3) is 2.65. The van der Waals surface area contributed by atoms with Gasteiger partial charge in [-0.1, -0.05) is 31.0 Å². The molecule has 1 N–H and O–H groups in total. The highest BCUT2D eigenvalue weighted by Gasteiger charge is 2.39. The molecule has 2 fully saturated rings. The molecular formula is C18H25NS. The van der Waals surface area contributed by atoms with E-state index >= 15 is 0 Å². The van der Waals surface area contributed by atoms with Crippen molar-refractivity contribution in [1.82, 2.24) is 5.32 Å². The molecule has 1 nitrogen and oxygen atoms in total. The molecule has 0 aromatic heterocycles.